The van der Waals surface area contributed by atoms with Crippen molar-refractivity contribution in [3.8, 4) is 0 Å². The van der Waals surface area contributed by atoms with Gasteiger partial charge in [-0.05, 0) is 79.4 Å². The van der Waals surface area contributed by atoms with Gasteiger partial charge in [0.25, 0.3) is 0 Å². The number of benzene rings is 2. The zero-order chi connectivity index (χ0) is 59.4. The van der Waals surface area contributed by atoms with E-state index in [2.05, 4.69) is 5.32 Å². The number of carboxylic acids is 1. The smallest absolute Gasteiger partial charge is 0.410 e. The van der Waals surface area contributed by atoms with Gasteiger partial charge in [0.05, 0.1) is 54.5 Å². The maximum Gasteiger partial charge on any atom is 0.410 e. The van der Waals surface area contributed by atoms with E-state index in [1.165, 1.54) is 42.8 Å². The second kappa shape index (κ2) is 32.7. The monoisotopic (exact) mass is 1130 g/mol. The van der Waals surface area contributed by atoms with Crippen LogP contribution in [0.15, 0.2) is 54.6 Å². The lowest BCUT2D eigenvalue weighted by atomic mass is 9.83. The van der Waals surface area contributed by atoms with Crippen molar-refractivity contribution >= 4 is 70.5 Å². The van der Waals surface area contributed by atoms with Gasteiger partial charge >= 0.3 is 12.1 Å². The van der Waals surface area contributed by atoms with E-state index in [4.69, 9.17) is 14.2 Å². The molecule has 2 aliphatic heterocycles. The average Bonchev–Trinajstić information content (AvgIpc) is 4.05. The van der Waals surface area contributed by atoms with Crippen LogP contribution in [-0.4, -0.2) is 168 Å². The van der Waals surface area contributed by atoms with Gasteiger partial charge in [-0.15, -0.1) is 0 Å². The molecule has 2 aromatic rings. The molecule has 0 bridgehead atoms. The molecule has 2 heterocycles. The molecule has 2 unspecified atom stereocenters. The molecule has 2 aliphatic rings. The number of hydrogen-bond acceptors (Lipinski definition) is 14. The van der Waals surface area contributed by atoms with Gasteiger partial charge in [0, 0.05) is 84.6 Å². The molecule has 2 saturated heterocycles. The Morgan fingerprint density at radius 2 is 1.49 bits per heavy atom. The number of ketones is 3. The highest BCUT2D eigenvalue weighted by molar-refractivity contribution is 8.00. The molecule has 0 spiro atoms. The van der Waals surface area contributed by atoms with E-state index in [0.29, 0.717) is 62.9 Å². The van der Waals surface area contributed by atoms with Crippen molar-refractivity contribution in [2.75, 3.05) is 59.5 Å². The molecule has 2 aromatic carbocycles. The van der Waals surface area contributed by atoms with Gasteiger partial charge in [0.15, 0.2) is 11.6 Å². The highest BCUT2D eigenvalue weighted by Gasteiger charge is 2.44. The number of Topliss-reactive ketones (excluding diaryl/α,β-unsaturated/α-hetero) is 3. The zero-order valence-corrected chi connectivity index (χ0v) is 50.3. The van der Waals surface area contributed by atoms with E-state index < -0.39 is 60.1 Å². The molecule has 19 heteroatoms. The predicted molar refractivity (Wildman–Crippen MR) is 309 cm³/mol. The van der Waals surface area contributed by atoms with Crippen LogP contribution in [0.4, 0.5) is 10.5 Å². The number of nitrogens with zero attached hydrogens (tertiary/aromatic N) is 4. The van der Waals surface area contributed by atoms with Crippen LogP contribution in [0.2, 0.25) is 0 Å². The molecule has 2 fully saturated rings. The van der Waals surface area contributed by atoms with Crippen LogP contribution in [0.5, 0.6) is 0 Å². The van der Waals surface area contributed by atoms with Crippen molar-refractivity contribution in [1.82, 2.24) is 19.6 Å². The lowest BCUT2D eigenvalue weighted by molar-refractivity contribution is -0.149. The molecule has 0 radical (unpaired) electrons. The maximum absolute atomic E-state index is 14.8. The van der Waals surface area contributed by atoms with Crippen molar-refractivity contribution in [2.45, 2.75) is 168 Å². The van der Waals surface area contributed by atoms with Crippen LogP contribution in [0.3, 0.4) is 0 Å². The van der Waals surface area contributed by atoms with Crippen LogP contribution < -0.4 is 5.32 Å². The molecule has 10 atom stereocenters. The summed E-state index contributed by atoms with van der Waals surface area (Å²) in [4.78, 5) is 126. The minimum atomic E-state index is -1.05. The molecular weight excluding hydrogens is 1040 g/mol. The van der Waals surface area contributed by atoms with Gasteiger partial charge in [-0.3, -0.25) is 43.3 Å². The molecule has 18 nitrogen and oxygen atoms in total. The first-order valence-corrected chi connectivity index (χ1v) is 29.8. The molecule has 0 aromatic heterocycles. The van der Waals surface area contributed by atoms with Gasteiger partial charge in [0.1, 0.15) is 12.4 Å². The minimum absolute atomic E-state index is 0.0325. The number of amides is 5. The van der Waals surface area contributed by atoms with Gasteiger partial charge < -0.3 is 39.3 Å². The van der Waals surface area contributed by atoms with Crippen molar-refractivity contribution < 1.29 is 62.5 Å². The average molecular weight is 1130 g/mol. The molecular formula is C61H91N5O13S. The molecule has 444 valence electrons. The second-order valence-corrected chi connectivity index (χ2v) is 23.6. The Labute approximate surface area is 479 Å². The molecule has 80 heavy (non-hydrogen) atoms. The highest BCUT2D eigenvalue weighted by atomic mass is 32.2. The zero-order valence-electron chi connectivity index (χ0n) is 49.5. The number of imide groups is 1. The maximum atomic E-state index is 14.8. The fourth-order valence-electron chi connectivity index (χ4n) is 11.4. The van der Waals surface area contributed by atoms with E-state index in [0.717, 1.165) is 12.0 Å². The number of rotatable bonds is 35. The summed E-state index contributed by atoms with van der Waals surface area (Å²) in [7, 11) is 6.23. The summed E-state index contributed by atoms with van der Waals surface area (Å²) in [5.74, 6) is -5.43. The Morgan fingerprint density at radius 3 is 2.06 bits per heavy atom. The first kappa shape index (κ1) is 66.8. The number of nitrogens with one attached hydrogen (secondary N) is 1. The first-order valence-electron chi connectivity index (χ1n) is 28.5. The van der Waals surface area contributed by atoms with Gasteiger partial charge in [-0.25, -0.2) is 4.79 Å². The molecule has 2 N–H and O–H groups in total. The van der Waals surface area contributed by atoms with E-state index in [1.807, 2.05) is 78.1 Å². The lowest BCUT2D eigenvalue weighted by Crippen LogP contribution is -2.54. The molecule has 0 aliphatic carbocycles. The predicted octanol–water partition coefficient (Wildman–Crippen LogP) is 8.37. The van der Waals surface area contributed by atoms with E-state index in [-0.39, 0.29) is 109 Å². The molecule has 4 rings (SSSR count). The largest absolute Gasteiger partial charge is 0.481 e. The number of anilines is 1. The van der Waals surface area contributed by atoms with Gasteiger partial charge in [-0.2, -0.15) is 11.8 Å². The summed E-state index contributed by atoms with van der Waals surface area (Å²) in [5.41, 5.74) is 2.23. The van der Waals surface area contributed by atoms with Crippen molar-refractivity contribution in [3.05, 3.63) is 65.7 Å². The quantitative estimate of drug-likeness (QED) is 0.0488. The fraction of sp³-hybridized carbons (Fsp3) is 0.656. The Hall–Kier alpha value is -5.66. The Bertz CT molecular complexity index is 2390. The third-order valence-electron chi connectivity index (χ3n) is 16.3. The summed E-state index contributed by atoms with van der Waals surface area (Å²) in [6.45, 7) is 14.0. The number of aliphatic carboxylic acids is 1. The Balaban J connectivity index is 1.33. The number of carbonyl (C=O) groups is 9. The number of hydrogen-bond donors (Lipinski definition) is 2. The number of methoxy groups -OCH3 is 2. The fourth-order valence-corrected chi connectivity index (χ4v) is 12.0. The third-order valence-corrected chi connectivity index (χ3v) is 17.3. The lowest BCUT2D eigenvalue weighted by Gasteiger charge is -2.41. The summed E-state index contributed by atoms with van der Waals surface area (Å²) in [6, 6.07) is 14.4. The van der Waals surface area contributed by atoms with Crippen molar-refractivity contribution in [1.29, 1.82) is 0 Å². The van der Waals surface area contributed by atoms with Crippen LogP contribution in [0.1, 0.15) is 130 Å². The van der Waals surface area contributed by atoms with Crippen LogP contribution in [0.25, 0.3) is 0 Å². The SMILES string of the molecule is CC[C@H](C)C([C@@H](CC(=O)N1CCC[C@H]1[C@H](OC)[C@@H](C)C(=O)C[C@@H](Cc1ccccc1)C(=O)O)OC)N(C)C(=O)[C@@H](CC(=O)[C@H](C(C)C)N(C)C(=O)OCc1ccc(NCC(=O)CCCCCN2C(=O)CC(SC)C2=O)cc1)C(C)C. The number of carbonyl (C=O) groups excluding carboxylic acids is 8. The summed E-state index contributed by atoms with van der Waals surface area (Å²) < 4.78 is 17.7. The molecule has 0 saturated carbocycles. The van der Waals surface area contributed by atoms with Crippen molar-refractivity contribution in [3.63, 3.8) is 0 Å². The number of likely N-dealkylation sites (N-methyl/N-ethyl adjacent to an activating group) is 2. The van der Waals surface area contributed by atoms with Crippen LogP contribution >= 0.6 is 11.8 Å². The number of likely N-dealkylation sites (tertiary alicyclic amines) is 2. The second-order valence-electron chi connectivity index (χ2n) is 22.6. The van der Waals surface area contributed by atoms with Gasteiger partial charge in [-0.1, -0.05) is 104 Å². The van der Waals surface area contributed by atoms with E-state index in [9.17, 15) is 48.3 Å². The summed E-state index contributed by atoms with van der Waals surface area (Å²) in [6.07, 6.45) is 4.11. The van der Waals surface area contributed by atoms with Crippen LogP contribution in [-0.2, 0) is 65.6 Å². The number of carboxylic acid groups (broad SMARTS) is 1. The topological polar surface area (TPSA) is 227 Å². The molecule has 5 amide bonds. The first-order chi connectivity index (χ1) is 38.0. The normalized spacial score (nSPS) is 18.5. The summed E-state index contributed by atoms with van der Waals surface area (Å²) in [5, 5.41) is 12.9. The highest BCUT2D eigenvalue weighted by Crippen LogP contribution is 2.32. The minimum Gasteiger partial charge on any atom is -0.481 e. The van der Waals surface area contributed by atoms with Crippen LogP contribution in [0, 0.1) is 35.5 Å². The summed E-state index contributed by atoms with van der Waals surface area (Å²) >= 11 is 1.39. The Morgan fingerprint density at radius 1 is 0.812 bits per heavy atom. The number of thioether (sulfide) groups is 1. The van der Waals surface area contributed by atoms with Gasteiger partial charge in [0.2, 0.25) is 23.6 Å². The van der Waals surface area contributed by atoms with Crippen molar-refractivity contribution in [2.24, 2.45) is 35.5 Å². The Kier molecular flexibility index (Phi) is 27.3. The number of ether oxygens (including phenoxy) is 3. The third kappa shape index (κ3) is 18.7. The van der Waals surface area contributed by atoms with E-state index in [1.54, 1.807) is 48.0 Å². The standard InChI is InChI=1S/C61H91N5O13S/c1-13-40(6)56(51(77-10)34-53(70)65-30-20-24-48(65)57(78-11)41(7)49(68)32-44(60(74)75)31-42-21-16-14-17-22-42)63(8)58(72)47(38(2)3)33-50(69)55(39(4)5)64(9)61(76)79-37-43-25-27-45(28-26-43)62-36-46(67)23-18-15-19-29-66-54(71)35-52(80-12)59(66)73/h14,16-17,21-22,25-28,38-41,44,47-48,51-52,55-57,62H,13,15,18-20,23-24,29-37H2,1-12H3,(H,74,75)/t40-,41-,44+,47-,48-,51+,52?,55-,56?,57+/m0/s1. The number of unbranched alkanes of at least 4 members (excludes halogenated alkanes) is 2. The van der Waals surface area contributed by atoms with E-state index >= 15 is 0 Å².